The first-order chi connectivity index (χ1) is 12.6. The van der Waals surface area contributed by atoms with Gasteiger partial charge in [0.25, 0.3) is 0 Å². The molecule has 6 heteroatoms. The van der Waals surface area contributed by atoms with Crippen LogP contribution in [0.15, 0.2) is 30.3 Å². The molecule has 2 rings (SSSR count). The average Bonchev–Trinajstić information content (AvgIpc) is 2.64. The van der Waals surface area contributed by atoms with Gasteiger partial charge in [0.15, 0.2) is 8.32 Å². The normalized spacial score (nSPS) is 19.2. The van der Waals surface area contributed by atoms with E-state index in [9.17, 15) is 4.79 Å². The van der Waals surface area contributed by atoms with Gasteiger partial charge in [0.1, 0.15) is 6.61 Å². The van der Waals surface area contributed by atoms with Crippen LogP contribution in [0, 0.1) is 0 Å². The van der Waals surface area contributed by atoms with Crippen molar-refractivity contribution in [3.8, 4) is 0 Å². The lowest BCUT2D eigenvalue weighted by molar-refractivity contribution is 0.0319. The summed E-state index contributed by atoms with van der Waals surface area (Å²) in [6, 6.07) is 10.0. The van der Waals surface area contributed by atoms with E-state index < -0.39 is 8.32 Å². The number of hydrogen-bond donors (Lipinski definition) is 0. The zero-order valence-electron chi connectivity index (χ0n) is 17.8. The highest BCUT2D eigenvalue weighted by Crippen LogP contribution is 2.36. The van der Waals surface area contributed by atoms with E-state index in [1.807, 2.05) is 35.2 Å². The summed E-state index contributed by atoms with van der Waals surface area (Å²) < 4.78 is 12.0. The van der Waals surface area contributed by atoms with Crippen LogP contribution in [0.25, 0.3) is 0 Å². The van der Waals surface area contributed by atoms with Crippen molar-refractivity contribution < 1.29 is 14.0 Å². The molecule has 5 nitrogen and oxygen atoms in total. The Kier molecular flexibility index (Phi) is 7.48. The quantitative estimate of drug-likeness (QED) is 0.675. The van der Waals surface area contributed by atoms with Crippen LogP contribution in [-0.2, 0) is 15.8 Å². The zero-order valence-corrected chi connectivity index (χ0v) is 18.8. The van der Waals surface area contributed by atoms with Gasteiger partial charge in [0, 0.05) is 25.7 Å². The van der Waals surface area contributed by atoms with Crippen LogP contribution in [0.2, 0.25) is 18.1 Å². The van der Waals surface area contributed by atoms with Crippen molar-refractivity contribution in [1.29, 1.82) is 0 Å². The summed E-state index contributed by atoms with van der Waals surface area (Å²) >= 11 is 0. The number of piperazine rings is 1. The summed E-state index contributed by atoms with van der Waals surface area (Å²) in [5.41, 5.74) is 1.01. The molecule has 0 aliphatic carbocycles. The molecule has 1 heterocycles. The minimum absolute atomic E-state index is 0.188. The Morgan fingerprint density at radius 2 is 1.85 bits per heavy atom. The van der Waals surface area contributed by atoms with Crippen LogP contribution < -0.4 is 0 Å². The van der Waals surface area contributed by atoms with Gasteiger partial charge in [0.2, 0.25) is 0 Å². The van der Waals surface area contributed by atoms with Crippen molar-refractivity contribution in [2.75, 3.05) is 32.8 Å². The second-order valence-electron chi connectivity index (χ2n) is 8.84. The van der Waals surface area contributed by atoms with E-state index in [0.717, 1.165) is 18.7 Å². The minimum atomic E-state index is -1.80. The molecule has 0 aromatic heterocycles. The van der Waals surface area contributed by atoms with E-state index in [0.29, 0.717) is 26.3 Å². The summed E-state index contributed by atoms with van der Waals surface area (Å²) in [7, 11) is -1.80. The molecule has 1 aromatic rings. The van der Waals surface area contributed by atoms with Crippen LogP contribution >= 0.6 is 0 Å². The summed E-state index contributed by atoms with van der Waals surface area (Å²) in [5.74, 6) is 0. The highest BCUT2D eigenvalue weighted by molar-refractivity contribution is 6.74. The van der Waals surface area contributed by atoms with Gasteiger partial charge in [-0.1, -0.05) is 58.0 Å². The maximum Gasteiger partial charge on any atom is 0.410 e. The molecule has 152 valence electrons. The molecule has 0 N–H and O–H groups in total. The molecule has 1 aliphatic heterocycles. The van der Waals surface area contributed by atoms with Crippen LogP contribution in [-0.4, -0.2) is 63.0 Å². The van der Waals surface area contributed by atoms with Crippen LogP contribution in [0.4, 0.5) is 4.79 Å². The number of amides is 1. The lowest BCUT2D eigenvalue weighted by Gasteiger charge is -2.43. The lowest BCUT2D eigenvalue weighted by atomic mass is 10.2. The van der Waals surface area contributed by atoms with Gasteiger partial charge >= 0.3 is 6.09 Å². The van der Waals surface area contributed by atoms with Gasteiger partial charge in [-0.15, -0.1) is 0 Å². The van der Waals surface area contributed by atoms with Crippen molar-refractivity contribution in [2.45, 2.75) is 58.5 Å². The molecule has 0 radical (unpaired) electrons. The Labute approximate surface area is 165 Å². The highest BCUT2D eigenvalue weighted by Gasteiger charge is 2.39. The highest BCUT2D eigenvalue weighted by atomic mass is 28.4. The van der Waals surface area contributed by atoms with E-state index in [1.54, 1.807) is 0 Å². The SMILES string of the molecule is CCN1CCN(C(=O)OCc2ccccc2)C[C@@H]1CO[Si](C)(C)C(C)(C)C. The van der Waals surface area contributed by atoms with Gasteiger partial charge in [-0.05, 0) is 30.2 Å². The number of nitrogens with zero attached hydrogens (tertiary/aromatic N) is 2. The summed E-state index contributed by atoms with van der Waals surface area (Å²) in [6.45, 7) is 17.7. The Balaban J connectivity index is 1.92. The smallest absolute Gasteiger partial charge is 0.410 e. The topological polar surface area (TPSA) is 42.0 Å². The summed E-state index contributed by atoms with van der Waals surface area (Å²) in [5, 5.41) is 0.188. The average molecular weight is 393 g/mol. The Morgan fingerprint density at radius 3 is 2.44 bits per heavy atom. The predicted molar refractivity (Wildman–Crippen MR) is 112 cm³/mol. The fraction of sp³-hybridized carbons (Fsp3) is 0.667. The molecule has 1 aliphatic rings. The summed E-state index contributed by atoms with van der Waals surface area (Å²) in [4.78, 5) is 16.8. The van der Waals surface area contributed by atoms with Gasteiger partial charge < -0.3 is 14.1 Å². The van der Waals surface area contributed by atoms with Crippen LogP contribution in [0.1, 0.15) is 33.3 Å². The summed E-state index contributed by atoms with van der Waals surface area (Å²) in [6.07, 6.45) is -0.230. The van der Waals surface area contributed by atoms with E-state index >= 15 is 0 Å². The van der Waals surface area contributed by atoms with Crippen LogP contribution in [0.5, 0.6) is 0 Å². The number of ether oxygens (including phenoxy) is 1. The predicted octanol–water partition coefficient (Wildman–Crippen LogP) is 4.35. The lowest BCUT2D eigenvalue weighted by Crippen LogP contribution is -2.57. The number of carbonyl (C=O) groups excluding carboxylic acids is 1. The van der Waals surface area contributed by atoms with Crippen molar-refractivity contribution in [3.05, 3.63) is 35.9 Å². The monoisotopic (exact) mass is 392 g/mol. The molecule has 1 atom stereocenters. The third kappa shape index (κ3) is 6.06. The fourth-order valence-electron chi connectivity index (χ4n) is 2.96. The molecule has 1 amide bonds. The minimum Gasteiger partial charge on any atom is -0.445 e. The molecule has 1 saturated heterocycles. The largest absolute Gasteiger partial charge is 0.445 e. The second kappa shape index (κ2) is 9.21. The van der Waals surface area contributed by atoms with E-state index in [2.05, 4.69) is 45.7 Å². The molecule has 27 heavy (non-hydrogen) atoms. The van der Waals surface area contributed by atoms with E-state index in [1.165, 1.54) is 0 Å². The molecular formula is C21H36N2O3Si. The van der Waals surface area contributed by atoms with Crippen LogP contribution in [0.3, 0.4) is 0 Å². The van der Waals surface area contributed by atoms with Gasteiger partial charge in [-0.2, -0.15) is 0 Å². The number of likely N-dealkylation sites (N-methyl/N-ethyl adjacent to an activating group) is 1. The molecule has 0 unspecified atom stereocenters. The molecule has 1 fully saturated rings. The first kappa shape index (κ1) is 21.9. The second-order valence-corrected chi connectivity index (χ2v) is 13.6. The standard InChI is InChI=1S/C21H36N2O3Si/c1-7-22-13-14-23(20(24)25-16-18-11-9-8-10-12-18)15-19(22)17-26-27(5,6)21(2,3)4/h8-12,19H,7,13-17H2,1-6H3/t19-/m1/s1. The maximum absolute atomic E-state index is 12.5. The Hall–Kier alpha value is -1.37. The zero-order chi connectivity index (χ0) is 20.1. The molecule has 0 spiro atoms. The first-order valence-corrected chi connectivity index (χ1v) is 12.9. The fourth-order valence-corrected chi connectivity index (χ4v) is 4.01. The van der Waals surface area contributed by atoms with E-state index in [4.69, 9.17) is 9.16 Å². The first-order valence-electron chi connectivity index (χ1n) is 9.97. The number of benzene rings is 1. The molecule has 0 bridgehead atoms. The van der Waals surface area contributed by atoms with Crippen molar-refractivity contribution >= 4 is 14.4 Å². The Bertz CT molecular complexity index is 601. The van der Waals surface area contributed by atoms with E-state index in [-0.39, 0.29) is 17.2 Å². The third-order valence-corrected chi connectivity index (χ3v) is 10.4. The molecular weight excluding hydrogens is 356 g/mol. The number of rotatable bonds is 6. The van der Waals surface area contributed by atoms with Crippen molar-refractivity contribution in [2.24, 2.45) is 0 Å². The van der Waals surface area contributed by atoms with Gasteiger partial charge in [-0.25, -0.2) is 4.79 Å². The van der Waals surface area contributed by atoms with Crippen molar-refractivity contribution in [3.63, 3.8) is 0 Å². The third-order valence-electron chi connectivity index (χ3n) is 5.92. The number of carbonyl (C=O) groups is 1. The van der Waals surface area contributed by atoms with Gasteiger partial charge in [0.05, 0.1) is 6.61 Å². The maximum atomic E-state index is 12.5. The Morgan fingerprint density at radius 1 is 1.19 bits per heavy atom. The number of hydrogen-bond acceptors (Lipinski definition) is 4. The van der Waals surface area contributed by atoms with Crippen molar-refractivity contribution in [1.82, 2.24) is 9.80 Å². The van der Waals surface area contributed by atoms with Gasteiger partial charge in [-0.3, -0.25) is 4.90 Å². The molecule has 1 aromatic carbocycles. The molecule has 0 saturated carbocycles.